The third-order valence-corrected chi connectivity index (χ3v) is 14.8. The molecule has 0 radical (unpaired) electrons. The molecule has 2 aromatic carbocycles. The summed E-state index contributed by atoms with van der Waals surface area (Å²) in [7, 11) is -3.66. The van der Waals surface area contributed by atoms with Gasteiger partial charge in [-0.15, -0.1) is 0 Å². The fraction of sp³-hybridized carbons (Fsp3) is 0.448. The number of nitrogens with one attached hydrogen (secondary N) is 1. The van der Waals surface area contributed by atoms with Crippen molar-refractivity contribution in [2.75, 3.05) is 6.54 Å². The minimum atomic E-state index is -2.16. The molecule has 4 heterocycles. The number of halogens is 1. The fourth-order valence-corrected chi connectivity index (χ4v) is 12.4. The number of nitrogens with zero attached hydrogens (tertiary/aromatic N) is 2. The maximum absolute atomic E-state index is 15.9. The molecule has 8 nitrogen and oxygen atoms in total. The second kappa shape index (κ2) is 11.4. The molecule has 3 fully saturated rings. The van der Waals surface area contributed by atoms with Crippen LogP contribution in [0, 0.1) is 0 Å². The first-order valence-corrected chi connectivity index (χ1v) is 17.8. The summed E-state index contributed by atoms with van der Waals surface area (Å²) in [5.74, 6) is 0. The summed E-state index contributed by atoms with van der Waals surface area (Å²) in [4.78, 5) is 26.1. The van der Waals surface area contributed by atoms with Crippen molar-refractivity contribution in [2.45, 2.75) is 75.5 Å². The number of rotatable bonds is 8. The number of aromatic nitrogens is 2. The first kappa shape index (κ1) is 27.7. The van der Waals surface area contributed by atoms with Crippen LogP contribution >= 0.6 is 8.53 Å². The number of ether oxygens (including phenoxy) is 1. The number of hydrogen-bond donors (Lipinski definition) is 1. The van der Waals surface area contributed by atoms with E-state index in [9.17, 15) is 9.59 Å². The normalized spacial score (nSPS) is 30.5. The van der Waals surface area contributed by atoms with E-state index < -0.39 is 52.5 Å². The Morgan fingerprint density at radius 2 is 1.73 bits per heavy atom. The largest absolute Gasteiger partial charge is 0.349 e. The minimum absolute atomic E-state index is 0.0243. The SMILES string of the molecule is CC[C@H]1O[C@@H](n2ccc(=O)[nH]c2=O)C(F)[C@H]1O[P@]1O[C@H](C[Si](C)(c2ccccc2)c2ccccc2)[C@@H]2CCCN21. The molecular weight excluding hydrogens is 548 g/mol. The Bertz CT molecular complexity index is 1390. The highest BCUT2D eigenvalue weighted by molar-refractivity contribution is 7.45. The van der Waals surface area contributed by atoms with Gasteiger partial charge < -0.3 is 13.8 Å². The standard InChI is InChI=1S/C29H35FN3O5PSi/c1-3-23-27(26(30)28(36-23)32-18-16-25(34)31-29(32)35)38-39-33-17-10-15-22(33)24(37-39)19-40(2,20-11-6-4-7-12-20)21-13-8-5-9-14-21/h4-9,11-14,16,18,22-24,26-28H,3,10,15,17,19H2,1-2H3,(H,31,34,35)/t22-,23+,24+,26?,27-,28+,39-/m0/s1. The van der Waals surface area contributed by atoms with E-state index in [1.165, 1.54) is 22.6 Å². The molecule has 0 spiro atoms. The molecule has 212 valence electrons. The smallest absolute Gasteiger partial charge is 0.330 e. The molecule has 3 saturated heterocycles. The van der Waals surface area contributed by atoms with Gasteiger partial charge in [-0.05, 0) is 25.3 Å². The monoisotopic (exact) mass is 583 g/mol. The van der Waals surface area contributed by atoms with E-state index in [-0.39, 0.29) is 12.1 Å². The predicted octanol–water partition coefficient (Wildman–Crippen LogP) is 3.55. The number of aromatic amines is 1. The van der Waals surface area contributed by atoms with Gasteiger partial charge in [0.15, 0.2) is 12.4 Å². The zero-order valence-corrected chi connectivity index (χ0v) is 24.6. The van der Waals surface area contributed by atoms with Crippen LogP contribution in [0.3, 0.4) is 0 Å². The van der Waals surface area contributed by atoms with E-state index in [4.69, 9.17) is 13.8 Å². The third kappa shape index (κ3) is 5.06. The Balaban J connectivity index is 1.24. The highest BCUT2D eigenvalue weighted by Gasteiger charge is 2.54. The summed E-state index contributed by atoms with van der Waals surface area (Å²) in [6.07, 6.45) is -0.350. The highest BCUT2D eigenvalue weighted by atomic mass is 31.2. The van der Waals surface area contributed by atoms with Gasteiger partial charge in [-0.1, -0.05) is 84.5 Å². The Labute approximate surface area is 235 Å². The molecule has 11 heteroatoms. The molecule has 1 N–H and O–H groups in total. The first-order chi connectivity index (χ1) is 19.4. The summed E-state index contributed by atoms with van der Waals surface area (Å²) in [5, 5.41) is 2.72. The van der Waals surface area contributed by atoms with Crippen molar-refractivity contribution in [1.82, 2.24) is 14.2 Å². The molecule has 7 atom stereocenters. The van der Waals surface area contributed by atoms with Gasteiger partial charge in [0, 0.05) is 24.8 Å². The van der Waals surface area contributed by atoms with Crippen LogP contribution in [0.4, 0.5) is 4.39 Å². The van der Waals surface area contributed by atoms with Crippen LogP contribution in [0.15, 0.2) is 82.5 Å². The van der Waals surface area contributed by atoms with Crippen LogP contribution in [-0.4, -0.2) is 59.4 Å². The molecule has 40 heavy (non-hydrogen) atoms. The molecular formula is C29H35FN3O5PSi. The quantitative estimate of drug-likeness (QED) is 0.323. The number of H-pyrrole nitrogens is 1. The third-order valence-electron chi connectivity index (χ3n) is 8.57. The van der Waals surface area contributed by atoms with Crippen molar-refractivity contribution in [2.24, 2.45) is 0 Å². The molecule has 0 saturated carbocycles. The van der Waals surface area contributed by atoms with E-state index in [1.807, 2.05) is 6.92 Å². The van der Waals surface area contributed by atoms with Crippen molar-refractivity contribution in [1.29, 1.82) is 0 Å². The van der Waals surface area contributed by atoms with Crippen molar-refractivity contribution >= 4 is 27.0 Å². The van der Waals surface area contributed by atoms with Crippen molar-refractivity contribution in [3.8, 4) is 0 Å². The van der Waals surface area contributed by atoms with Crippen LogP contribution in [0.25, 0.3) is 0 Å². The fourth-order valence-electron chi connectivity index (χ4n) is 6.38. The van der Waals surface area contributed by atoms with E-state index in [0.717, 1.165) is 30.0 Å². The van der Waals surface area contributed by atoms with Gasteiger partial charge in [0.05, 0.1) is 12.2 Å². The number of hydrogen-bond acceptors (Lipinski definition) is 6. The Kier molecular flexibility index (Phi) is 7.91. The van der Waals surface area contributed by atoms with E-state index in [1.54, 1.807) is 0 Å². The van der Waals surface area contributed by atoms with Crippen LogP contribution in [0.1, 0.15) is 32.4 Å². The average molecular weight is 584 g/mol. The molecule has 1 unspecified atom stereocenters. The summed E-state index contributed by atoms with van der Waals surface area (Å²) in [5.41, 5.74) is -1.24. The average Bonchev–Trinajstić information content (AvgIpc) is 3.66. The first-order valence-electron chi connectivity index (χ1n) is 14.0. The lowest BCUT2D eigenvalue weighted by Crippen LogP contribution is -2.58. The van der Waals surface area contributed by atoms with E-state index in [2.05, 4.69) is 76.9 Å². The van der Waals surface area contributed by atoms with Gasteiger partial charge in [-0.2, -0.15) is 0 Å². The zero-order valence-electron chi connectivity index (χ0n) is 22.7. The van der Waals surface area contributed by atoms with Crippen LogP contribution < -0.4 is 21.6 Å². The van der Waals surface area contributed by atoms with Crippen LogP contribution in [-0.2, 0) is 13.8 Å². The maximum Gasteiger partial charge on any atom is 0.330 e. The van der Waals surface area contributed by atoms with Crippen molar-refractivity contribution < 1.29 is 18.2 Å². The topological polar surface area (TPSA) is 85.8 Å². The predicted molar refractivity (Wildman–Crippen MR) is 155 cm³/mol. The highest BCUT2D eigenvalue weighted by Crippen LogP contribution is 2.59. The van der Waals surface area contributed by atoms with Crippen molar-refractivity contribution in [3.05, 3.63) is 93.8 Å². The summed E-state index contributed by atoms with van der Waals surface area (Å²) in [6, 6.07) is 23.8. The molecule has 3 aliphatic heterocycles. The van der Waals surface area contributed by atoms with Crippen LogP contribution in [0.5, 0.6) is 0 Å². The van der Waals surface area contributed by atoms with Crippen LogP contribution in [0.2, 0.25) is 12.6 Å². The van der Waals surface area contributed by atoms with Crippen molar-refractivity contribution in [3.63, 3.8) is 0 Å². The van der Waals surface area contributed by atoms with E-state index in [0.29, 0.717) is 6.42 Å². The second-order valence-corrected chi connectivity index (χ2v) is 16.7. The lowest BCUT2D eigenvalue weighted by Gasteiger charge is -2.32. The molecule has 3 aliphatic rings. The van der Waals surface area contributed by atoms with Gasteiger partial charge in [0.25, 0.3) is 14.1 Å². The Hall–Kier alpha value is -2.46. The minimum Gasteiger partial charge on any atom is -0.349 e. The molecule has 6 rings (SSSR count). The number of benzene rings is 2. The number of fused-ring (bicyclic) bond motifs is 1. The van der Waals surface area contributed by atoms with E-state index >= 15 is 4.39 Å². The molecule has 3 aromatic rings. The molecule has 0 amide bonds. The summed E-state index contributed by atoms with van der Waals surface area (Å²) < 4.78 is 38.5. The van der Waals surface area contributed by atoms with Gasteiger partial charge in [-0.25, -0.2) is 13.9 Å². The molecule has 0 aliphatic carbocycles. The zero-order chi connectivity index (χ0) is 27.9. The maximum atomic E-state index is 15.9. The molecule has 0 bridgehead atoms. The second-order valence-electron chi connectivity index (χ2n) is 11.0. The Morgan fingerprint density at radius 1 is 1.05 bits per heavy atom. The van der Waals surface area contributed by atoms with Gasteiger partial charge in [-0.3, -0.25) is 14.3 Å². The Morgan fingerprint density at radius 3 is 2.35 bits per heavy atom. The summed E-state index contributed by atoms with van der Waals surface area (Å²) >= 11 is 0. The lowest BCUT2D eigenvalue weighted by molar-refractivity contribution is -0.0269. The van der Waals surface area contributed by atoms with Gasteiger partial charge in [0.2, 0.25) is 0 Å². The van der Waals surface area contributed by atoms with Gasteiger partial charge >= 0.3 is 5.69 Å². The lowest BCUT2D eigenvalue weighted by atomic mass is 10.1. The summed E-state index contributed by atoms with van der Waals surface area (Å²) in [6.45, 7) is 5.17. The molecule has 1 aromatic heterocycles. The number of alkyl halides is 1. The van der Waals surface area contributed by atoms with Gasteiger partial charge in [0.1, 0.15) is 14.2 Å².